The van der Waals surface area contributed by atoms with Gasteiger partial charge in [0.25, 0.3) is 0 Å². The van der Waals surface area contributed by atoms with Crippen LogP contribution in [0.3, 0.4) is 0 Å². The molecule has 4 unspecified atom stereocenters. The minimum absolute atomic E-state index is 0.00186. The number of carbonyl (C=O) groups excluding carboxylic acids is 7. The first-order chi connectivity index (χ1) is 42.1. The molecule has 6 aliphatic rings. The van der Waals surface area contributed by atoms with Gasteiger partial charge in [0.1, 0.15) is 18.3 Å². The van der Waals surface area contributed by atoms with E-state index in [1.54, 1.807) is 4.57 Å². The minimum atomic E-state index is -5.05. The number of phosphoric acid groups is 1. The van der Waals surface area contributed by atoms with Crippen LogP contribution in [0.4, 0.5) is 0 Å². The highest BCUT2D eigenvalue weighted by atomic mass is 31.2. The first-order valence-electron chi connectivity index (χ1n) is 30.6. The van der Waals surface area contributed by atoms with Crippen LogP contribution in [0.15, 0.2) is 67.8 Å². The minimum Gasteiger partial charge on any atom is -0.394 e. The summed E-state index contributed by atoms with van der Waals surface area (Å²) in [5.41, 5.74) is 26.0. The smallest absolute Gasteiger partial charge is 0.394 e. The Hall–Kier alpha value is -7.00. The lowest BCUT2D eigenvalue weighted by molar-refractivity contribution is -0.122. The van der Waals surface area contributed by atoms with Gasteiger partial charge in [0, 0.05) is 131 Å². The van der Waals surface area contributed by atoms with Crippen molar-refractivity contribution < 1.29 is 67.0 Å². The highest BCUT2D eigenvalue weighted by Gasteiger charge is 2.66. The highest BCUT2D eigenvalue weighted by molar-refractivity contribution is 7.47. The summed E-state index contributed by atoms with van der Waals surface area (Å²) in [5, 5.41) is 34.1. The van der Waals surface area contributed by atoms with Gasteiger partial charge >= 0.3 is 7.82 Å². The summed E-state index contributed by atoms with van der Waals surface area (Å²) >= 11 is 0. The largest absolute Gasteiger partial charge is 0.472 e. The van der Waals surface area contributed by atoms with E-state index in [9.17, 15) is 53.2 Å². The van der Waals surface area contributed by atoms with E-state index in [2.05, 4.69) is 26.3 Å². The van der Waals surface area contributed by atoms with E-state index in [0.717, 1.165) is 11.1 Å². The van der Waals surface area contributed by atoms with E-state index in [0.29, 0.717) is 69.2 Å². The lowest BCUT2D eigenvalue weighted by Crippen LogP contribution is -2.59. The number of nitrogens with one attached hydrogen (secondary N) is 4. The van der Waals surface area contributed by atoms with Gasteiger partial charge in [-0.15, -0.1) is 0 Å². The van der Waals surface area contributed by atoms with Gasteiger partial charge in [-0.05, 0) is 108 Å². The van der Waals surface area contributed by atoms with Crippen molar-refractivity contribution in [2.45, 2.75) is 176 Å². The number of imidazole rings is 1. The average Bonchev–Trinajstić information content (AvgIpc) is 1.55. The highest BCUT2D eigenvalue weighted by Crippen LogP contribution is 2.61. The number of amides is 7. The quantitative estimate of drug-likeness (QED) is 0.0431. The summed E-state index contributed by atoms with van der Waals surface area (Å²) in [6.45, 7) is 19.8. The number of nitrogens with two attached hydrogens (primary N) is 4. The number of aliphatic hydroxyl groups excluding tert-OH is 2. The zero-order chi connectivity index (χ0) is 66.4. The van der Waals surface area contributed by atoms with E-state index in [1.807, 2.05) is 87.4 Å². The standard InChI is InChI=1S/C62H90N13O14P/c1-31-20-41-42(21-32(31)2)75(28-70-41)57-52(84)53(43(26-76)87-57)89-90(85,86)88-33(3)24-69-49(83)18-19-59(8)39(25-67-29-77)56-62(11)61(10,27-68-30-78)38(14-17-47(65)81)51(74-62)35(5)55-60(9,23-48(66)82)36(12-15-45(63)79)40(71-55)22-44-58(6,7)37(13-16-46(64)80)50(72-44)34(4)54(59)73-56/h20-22,28-30,33,36-39,43,52-53,56-57,71,76,84H,12-19,23-27H2,1-11H3,(H2,63,79)(H2,64,80)(H2,65,81)(H2,66,82)(H,67,77)(H,68,78)(H,69,83)(H,85,86)/b40-22?,50-34-,55-35-/t33-,36-,37-,38-,39+,43-,52?,53?,56-,57?,59-,60+,61+,62+/m1/s1. The van der Waals surface area contributed by atoms with Gasteiger partial charge < -0.3 is 68.6 Å². The molecule has 2 aromatic rings. The number of primary amides is 4. The van der Waals surface area contributed by atoms with Gasteiger partial charge in [0.2, 0.25) is 42.4 Å². The number of rotatable bonds is 28. The molecule has 1 aromatic heterocycles. The fourth-order valence-corrected chi connectivity index (χ4v) is 16.4. The van der Waals surface area contributed by atoms with Crippen LogP contribution in [-0.4, -0.2) is 146 Å². The van der Waals surface area contributed by atoms with Crippen LogP contribution in [0.5, 0.6) is 0 Å². The lowest BCUT2D eigenvalue weighted by Gasteiger charge is -2.48. The van der Waals surface area contributed by atoms with E-state index >= 15 is 0 Å². The molecule has 8 bridgehead atoms. The third-order valence-electron chi connectivity index (χ3n) is 20.6. The predicted molar refractivity (Wildman–Crippen MR) is 334 cm³/mol. The van der Waals surface area contributed by atoms with Crippen LogP contribution < -0.4 is 44.2 Å². The summed E-state index contributed by atoms with van der Waals surface area (Å²) in [6, 6.07) is 2.87. The molecule has 7 amide bonds. The fraction of sp³-hybridized carbons (Fsp3) is 0.629. The number of aliphatic hydroxyl groups is 2. The maximum absolute atomic E-state index is 14.4. The summed E-state index contributed by atoms with van der Waals surface area (Å²) in [4.78, 5) is 124. The molecule has 15 N–H and O–H groups in total. The molecule has 90 heavy (non-hydrogen) atoms. The van der Waals surface area contributed by atoms with Crippen molar-refractivity contribution >= 4 is 78.3 Å². The molecule has 6 aliphatic heterocycles. The molecule has 0 saturated carbocycles. The Labute approximate surface area is 523 Å². The first kappa shape index (κ1) is 68.9. The van der Waals surface area contributed by atoms with Crippen LogP contribution >= 0.6 is 7.82 Å². The number of benzene rings is 1. The van der Waals surface area contributed by atoms with E-state index < -0.39 is 132 Å². The number of allylic oxidation sites excluding steroid dienone is 6. The second-order valence-corrected chi connectivity index (χ2v) is 28.2. The molecule has 0 spiro atoms. The second-order valence-electron chi connectivity index (χ2n) is 26.8. The van der Waals surface area contributed by atoms with Crippen molar-refractivity contribution in [3.63, 3.8) is 0 Å². The molecule has 27 nitrogen and oxygen atoms in total. The first-order valence-corrected chi connectivity index (χ1v) is 32.1. The number of hydrogen-bond acceptors (Lipinski definition) is 18. The topological polar surface area (TPSA) is 432 Å². The van der Waals surface area contributed by atoms with Gasteiger partial charge in [-0.25, -0.2) is 9.55 Å². The number of nitrogens with zero attached hydrogens (tertiary/aromatic N) is 5. The van der Waals surface area contributed by atoms with E-state index in [4.69, 9.17) is 51.7 Å². The van der Waals surface area contributed by atoms with Crippen LogP contribution in [0.1, 0.15) is 137 Å². The second kappa shape index (κ2) is 26.3. The molecule has 2 saturated heterocycles. The summed E-state index contributed by atoms with van der Waals surface area (Å²) in [5.74, 6) is -5.18. The van der Waals surface area contributed by atoms with Crippen molar-refractivity contribution in [1.82, 2.24) is 30.8 Å². The lowest BCUT2D eigenvalue weighted by atomic mass is 9.57. The third kappa shape index (κ3) is 13.0. The summed E-state index contributed by atoms with van der Waals surface area (Å²) in [7, 11) is -5.05. The Morgan fingerprint density at radius 3 is 2.09 bits per heavy atom. The summed E-state index contributed by atoms with van der Waals surface area (Å²) in [6.07, 6.45) is -1.94. The number of phosphoric ester groups is 1. The van der Waals surface area contributed by atoms with Gasteiger partial charge in [0.05, 0.1) is 41.7 Å². The molecule has 0 aliphatic carbocycles. The molecule has 492 valence electrons. The fourth-order valence-electron chi connectivity index (χ4n) is 15.3. The third-order valence-corrected chi connectivity index (χ3v) is 21.7. The van der Waals surface area contributed by atoms with Crippen molar-refractivity contribution in [3.05, 3.63) is 63.9 Å². The Balaban J connectivity index is 1.19. The van der Waals surface area contributed by atoms with Gasteiger partial charge in [-0.1, -0.05) is 34.6 Å². The van der Waals surface area contributed by atoms with Crippen LogP contribution in [-0.2, 0) is 51.9 Å². The number of hydrogen-bond donors (Lipinski definition) is 11. The average molecular weight is 1270 g/mol. The van der Waals surface area contributed by atoms with Crippen molar-refractivity contribution in [3.8, 4) is 0 Å². The van der Waals surface area contributed by atoms with Crippen molar-refractivity contribution in [1.29, 1.82) is 0 Å². The van der Waals surface area contributed by atoms with Crippen molar-refractivity contribution in [2.75, 3.05) is 26.2 Å². The maximum Gasteiger partial charge on any atom is 0.472 e. The Bertz CT molecular complexity index is 3470. The zero-order valence-electron chi connectivity index (χ0n) is 53.3. The number of aliphatic imine (C=N–C) groups is 3. The Morgan fingerprint density at radius 1 is 0.856 bits per heavy atom. The molecule has 1 aromatic carbocycles. The van der Waals surface area contributed by atoms with Crippen LogP contribution in [0, 0.1) is 59.2 Å². The van der Waals surface area contributed by atoms with E-state index in [-0.39, 0.29) is 77.4 Å². The molecule has 2 fully saturated rings. The Kier molecular flexibility index (Phi) is 20.1. The molecule has 15 atom stereocenters. The number of carbonyl (C=O) groups is 7. The Morgan fingerprint density at radius 2 is 1.48 bits per heavy atom. The molecule has 0 radical (unpaired) electrons. The van der Waals surface area contributed by atoms with Crippen molar-refractivity contribution in [2.24, 2.45) is 83.2 Å². The normalized spacial score (nSPS) is 33.6. The predicted octanol–water partition coefficient (Wildman–Crippen LogP) is 2.90. The van der Waals surface area contributed by atoms with Gasteiger partial charge in [0.15, 0.2) is 6.23 Å². The SMILES string of the molecule is C/C1=C2/N=C(C=C3N/C(=C(/C)C4=N[C@@](C)([C@@H]5N=C1[C@](C)(CCC(=O)NC[C@@H](C)OP(=O)(O)OC1C(O)C(n6cnc7cc(C)c(C)cc76)O[C@@H]1CO)[C@H]5CNC=O)[C@@](C)(CNC=O)[C@@H]4CCC(N)=O)[C@@](C)(CC(N)=O)[C@@H]3CCC(N)=O)C(C)(C)[C@@H]2CCC(N)=O. The number of ether oxygens (including phenoxy) is 1. The van der Waals surface area contributed by atoms with Crippen LogP contribution in [0.2, 0.25) is 0 Å². The maximum atomic E-state index is 14.4. The number of aromatic nitrogens is 2. The monoisotopic (exact) mass is 1270 g/mol. The van der Waals surface area contributed by atoms with E-state index in [1.165, 1.54) is 13.3 Å². The molecular weight excluding hydrogens is 1180 g/mol. The van der Waals surface area contributed by atoms with Gasteiger partial charge in [-0.3, -0.25) is 57.6 Å². The molecule has 28 heteroatoms. The molecule has 7 heterocycles. The zero-order valence-corrected chi connectivity index (χ0v) is 54.1. The van der Waals surface area contributed by atoms with Gasteiger partial charge in [-0.2, -0.15) is 0 Å². The number of aryl methyl sites for hydroxylation is 2. The molecule has 8 rings (SSSR count). The number of fused-ring (bicyclic) bond motifs is 7. The van der Waals surface area contributed by atoms with Crippen LogP contribution in [0.25, 0.3) is 11.0 Å². The molecular formula is C62H90N13O14P. The summed E-state index contributed by atoms with van der Waals surface area (Å²) < 4.78 is 32.3.